The molecule has 0 atom stereocenters. The van der Waals surface area contributed by atoms with E-state index in [1.165, 1.54) is 12.1 Å². The average molecular weight is 436 g/mol. The molecule has 2 aliphatic heterocycles. The Morgan fingerprint density at radius 1 is 0.906 bits per heavy atom. The second-order valence-corrected chi connectivity index (χ2v) is 8.18. The summed E-state index contributed by atoms with van der Waals surface area (Å²) in [4.78, 5) is 28.6. The molecule has 32 heavy (non-hydrogen) atoms. The number of aromatic nitrogens is 2. The van der Waals surface area contributed by atoms with E-state index in [2.05, 4.69) is 33.0 Å². The van der Waals surface area contributed by atoms with Crippen molar-refractivity contribution in [2.45, 2.75) is 6.92 Å². The summed E-state index contributed by atoms with van der Waals surface area (Å²) < 4.78 is 18.7. The van der Waals surface area contributed by atoms with Crippen LogP contribution in [0.15, 0.2) is 42.5 Å². The van der Waals surface area contributed by atoms with Crippen LogP contribution in [0.2, 0.25) is 0 Å². The van der Waals surface area contributed by atoms with E-state index >= 15 is 0 Å². The molecule has 7 nitrogen and oxygen atoms in total. The highest BCUT2D eigenvalue weighted by molar-refractivity contribution is 5.95. The number of piperazine rings is 1. The normalized spacial score (nSPS) is 17.1. The van der Waals surface area contributed by atoms with Gasteiger partial charge in [-0.1, -0.05) is 0 Å². The fourth-order valence-corrected chi connectivity index (χ4v) is 4.37. The number of ether oxygens (including phenoxy) is 1. The maximum atomic E-state index is 13.2. The summed E-state index contributed by atoms with van der Waals surface area (Å²) >= 11 is 0. The van der Waals surface area contributed by atoms with Crippen LogP contribution in [0, 0.1) is 12.7 Å². The molecule has 0 unspecified atom stereocenters. The molecule has 2 aromatic carbocycles. The molecule has 2 fully saturated rings. The van der Waals surface area contributed by atoms with Gasteiger partial charge in [-0.05, 0) is 49.4 Å². The molecule has 0 spiro atoms. The van der Waals surface area contributed by atoms with Gasteiger partial charge in [-0.3, -0.25) is 4.79 Å². The first-order valence-electron chi connectivity index (χ1n) is 11.0. The number of amides is 1. The van der Waals surface area contributed by atoms with E-state index in [1.54, 1.807) is 12.1 Å². The first kappa shape index (κ1) is 20.6. The molecule has 2 saturated heterocycles. The van der Waals surface area contributed by atoms with Crippen LogP contribution in [0.3, 0.4) is 0 Å². The largest absolute Gasteiger partial charge is 0.378 e. The first-order valence-corrected chi connectivity index (χ1v) is 11.0. The average Bonchev–Trinajstić information content (AvgIpc) is 2.84. The summed E-state index contributed by atoms with van der Waals surface area (Å²) in [6.45, 7) is 7.66. The lowest BCUT2D eigenvalue weighted by Crippen LogP contribution is -2.49. The highest BCUT2D eigenvalue weighted by Crippen LogP contribution is 2.29. The number of hydrogen-bond donors (Lipinski definition) is 0. The number of aryl methyl sites for hydroxylation is 1. The molecule has 3 heterocycles. The second-order valence-electron chi connectivity index (χ2n) is 8.18. The number of carbonyl (C=O) groups excluding carboxylic acids is 1. The Kier molecular flexibility index (Phi) is 5.61. The molecule has 2 aliphatic rings. The maximum absolute atomic E-state index is 13.2. The molecule has 0 radical (unpaired) electrons. The van der Waals surface area contributed by atoms with Crippen LogP contribution in [-0.4, -0.2) is 73.3 Å². The van der Waals surface area contributed by atoms with Crippen molar-refractivity contribution in [2.75, 3.05) is 62.3 Å². The molecule has 1 aromatic heterocycles. The van der Waals surface area contributed by atoms with Gasteiger partial charge in [0.25, 0.3) is 5.91 Å². The van der Waals surface area contributed by atoms with Gasteiger partial charge in [0.15, 0.2) is 0 Å². The summed E-state index contributed by atoms with van der Waals surface area (Å²) in [5, 5.41) is 1.03. The monoisotopic (exact) mass is 435 g/mol. The Hall–Kier alpha value is -3.26. The predicted octanol–water partition coefficient (Wildman–Crippen LogP) is 2.88. The van der Waals surface area contributed by atoms with Crippen LogP contribution in [0.25, 0.3) is 10.9 Å². The van der Waals surface area contributed by atoms with E-state index in [0.717, 1.165) is 54.5 Å². The summed E-state index contributed by atoms with van der Waals surface area (Å²) in [7, 11) is 0. The fourth-order valence-electron chi connectivity index (χ4n) is 4.37. The summed E-state index contributed by atoms with van der Waals surface area (Å²) in [5.74, 6) is 1.24. The number of nitrogens with zero attached hydrogens (tertiary/aromatic N) is 5. The SMILES string of the molecule is Cc1nc(N2CCN(C(=O)c3ccc(F)cc3)CC2)c2cc(N3CCOCC3)ccc2n1. The van der Waals surface area contributed by atoms with Crippen LogP contribution < -0.4 is 9.80 Å². The Bertz CT molecular complexity index is 1120. The molecule has 166 valence electrons. The Morgan fingerprint density at radius 2 is 1.62 bits per heavy atom. The minimum Gasteiger partial charge on any atom is -0.378 e. The van der Waals surface area contributed by atoms with Crippen molar-refractivity contribution in [3.05, 3.63) is 59.7 Å². The van der Waals surface area contributed by atoms with Crippen LogP contribution in [0.4, 0.5) is 15.9 Å². The minimum atomic E-state index is -0.339. The number of carbonyl (C=O) groups is 1. The zero-order valence-electron chi connectivity index (χ0n) is 18.1. The van der Waals surface area contributed by atoms with Crippen LogP contribution >= 0.6 is 0 Å². The van der Waals surface area contributed by atoms with Crippen molar-refractivity contribution in [1.82, 2.24) is 14.9 Å². The molecular weight excluding hydrogens is 409 g/mol. The van der Waals surface area contributed by atoms with Crippen LogP contribution in [-0.2, 0) is 4.74 Å². The zero-order chi connectivity index (χ0) is 22.1. The van der Waals surface area contributed by atoms with E-state index in [4.69, 9.17) is 9.72 Å². The van der Waals surface area contributed by atoms with Crippen molar-refractivity contribution in [1.29, 1.82) is 0 Å². The highest BCUT2D eigenvalue weighted by Gasteiger charge is 2.25. The van der Waals surface area contributed by atoms with Gasteiger partial charge in [-0.25, -0.2) is 14.4 Å². The molecule has 0 aliphatic carbocycles. The lowest BCUT2D eigenvalue weighted by Gasteiger charge is -2.36. The third-order valence-corrected chi connectivity index (χ3v) is 6.10. The van der Waals surface area contributed by atoms with E-state index in [1.807, 2.05) is 11.8 Å². The Morgan fingerprint density at radius 3 is 2.34 bits per heavy atom. The molecular formula is C24H26FN5O2. The van der Waals surface area contributed by atoms with E-state index in [0.29, 0.717) is 31.7 Å². The lowest BCUT2D eigenvalue weighted by atomic mass is 10.1. The summed E-state index contributed by atoms with van der Waals surface area (Å²) in [5.41, 5.74) is 2.59. The smallest absolute Gasteiger partial charge is 0.253 e. The molecule has 0 saturated carbocycles. The first-order chi connectivity index (χ1) is 15.6. The van der Waals surface area contributed by atoms with Crippen molar-refractivity contribution in [2.24, 2.45) is 0 Å². The van der Waals surface area contributed by atoms with Gasteiger partial charge in [0.05, 0.1) is 18.7 Å². The van der Waals surface area contributed by atoms with Gasteiger partial charge in [0.1, 0.15) is 17.5 Å². The Balaban J connectivity index is 1.37. The number of hydrogen-bond acceptors (Lipinski definition) is 6. The molecule has 0 bridgehead atoms. The van der Waals surface area contributed by atoms with E-state index in [-0.39, 0.29) is 11.7 Å². The van der Waals surface area contributed by atoms with E-state index in [9.17, 15) is 9.18 Å². The van der Waals surface area contributed by atoms with Gasteiger partial charge in [0, 0.05) is 55.9 Å². The highest BCUT2D eigenvalue weighted by atomic mass is 19.1. The number of morpholine rings is 1. The third kappa shape index (κ3) is 4.10. The van der Waals surface area contributed by atoms with Gasteiger partial charge in [-0.2, -0.15) is 0 Å². The Labute approximate surface area is 186 Å². The molecule has 3 aromatic rings. The standard InChI is InChI=1S/C24H26FN5O2/c1-17-26-22-7-6-20(28-12-14-32-15-13-28)16-21(22)23(27-17)29-8-10-30(11-9-29)24(31)18-2-4-19(25)5-3-18/h2-7,16H,8-15H2,1H3. The molecule has 1 amide bonds. The van der Waals surface area contributed by atoms with Crippen molar-refractivity contribution < 1.29 is 13.9 Å². The quantitative estimate of drug-likeness (QED) is 0.631. The fraction of sp³-hybridized carbons (Fsp3) is 0.375. The van der Waals surface area contributed by atoms with Gasteiger partial charge in [0.2, 0.25) is 0 Å². The van der Waals surface area contributed by atoms with Gasteiger partial charge < -0.3 is 19.4 Å². The van der Waals surface area contributed by atoms with Gasteiger partial charge >= 0.3 is 0 Å². The summed E-state index contributed by atoms with van der Waals surface area (Å²) in [6.07, 6.45) is 0. The zero-order valence-corrected chi connectivity index (χ0v) is 18.1. The topological polar surface area (TPSA) is 61.8 Å². The molecule has 0 N–H and O–H groups in total. The van der Waals surface area contributed by atoms with Crippen molar-refractivity contribution >= 4 is 28.3 Å². The number of rotatable bonds is 3. The number of halogens is 1. The van der Waals surface area contributed by atoms with Crippen LogP contribution in [0.5, 0.6) is 0 Å². The predicted molar refractivity (Wildman–Crippen MR) is 122 cm³/mol. The maximum Gasteiger partial charge on any atom is 0.253 e. The minimum absolute atomic E-state index is 0.0667. The second kappa shape index (κ2) is 8.70. The van der Waals surface area contributed by atoms with Gasteiger partial charge in [-0.15, -0.1) is 0 Å². The van der Waals surface area contributed by atoms with Crippen molar-refractivity contribution in [3.63, 3.8) is 0 Å². The summed E-state index contributed by atoms with van der Waals surface area (Å²) in [6, 6.07) is 12.1. The number of anilines is 2. The lowest BCUT2D eigenvalue weighted by molar-refractivity contribution is 0.0746. The molecule has 5 rings (SSSR count). The number of fused-ring (bicyclic) bond motifs is 1. The number of benzene rings is 2. The van der Waals surface area contributed by atoms with Crippen LogP contribution in [0.1, 0.15) is 16.2 Å². The van der Waals surface area contributed by atoms with Crippen molar-refractivity contribution in [3.8, 4) is 0 Å². The third-order valence-electron chi connectivity index (χ3n) is 6.10. The van der Waals surface area contributed by atoms with E-state index < -0.39 is 0 Å². The molecule has 8 heteroatoms.